The summed E-state index contributed by atoms with van der Waals surface area (Å²) in [5.41, 5.74) is 9.62. The highest BCUT2D eigenvalue weighted by Crippen LogP contribution is 2.34. The van der Waals surface area contributed by atoms with Crippen molar-refractivity contribution in [2.24, 2.45) is 5.73 Å². The minimum absolute atomic E-state index is 0.384. The SMILES string of the molecule is COC(=O)C1=C(N)c2c(N(C)C)ccnc2C1. The van der Waals surface area contributed by atoms with Gasteiger partial charge in [0.25, 0.3) is 0 Å². The number of hydrogen-bond donors (Lipinski definition) is 1. The van der Waals surface area contributed by atoms with Gasteiger partial charge in [-0.3, -0.25) is 4.98 Å². The lowest BCUT2D eigenvalue weighted by atomic mass is 10.1. The van der Waals surface area contributed by atoms with Crippen LogP contribution in [0.25, 0.3) is 5.70 Å². The minimum Gasteiger partial charge on any atom is -0.466 e. The van der Waals surface area contributed by atoms with E-state index in [9.17, 15) is 4.79 Å². The molecule has 90 valence electrons. The zero-order valence-electron chi connectivity index (χ0n) is 10.2. The van der Waals surface area contributed by atoms with Crippen LogP contribution in [0.2, 0.25) is 0 Å². The largest absolute Gasteiger partial charge is 0.466 e. The van der Waals surface area contributed by atoms with E-state index in [2.05, 4.69) is 4.98 Å². The Balaban J connectivity index is 2.55. The molecule has 0 unspecified atom stereocenters. The standard InChI is InChI=1S/C12H15N3O2/c1-15(2)9-4-5-14-8-6-7(12(16)17-3)11(13)10(8)9/h4-5H,6,13H2,1-3H3. The Morgan fingerprint density at radius 2 is 2.24 bits per heavy atom. The summed E-state index contributed by atoms with van der Waals surface area (Å²) < 4.78 is 4.72. The Bertz CT molecular complexity index is 506. The second-order valence-electron chi connectivity index (χ2n) is 4.11. The van der Waals surface area contributed by atoms with Crippen molar-refractivity contribution in [2.45, 2.75) is 6.42 Å². The van der Waals surface area contributed by atoms with Crippen LogP contribution in [0, 0.1) is 0 Å². The monoisotopic (exact) mass is 233 g/mol. The molecule has 0 aliphatic heterocycles. The number of nitrogens with zero attached hydrogens (tertiary/aromatic N) is 2. The summed E-state index contributed by atoms with van der Waals surface area (Å²) in [5.74, 6) is -0.384. The number of hydrogen-bond acceptors (Lipinski definition) is 5. The number of rotatable bonds is 2. The molecule has 5 nitrogen and oxygen atoms in total. The summed E-state index contributed by atoms with van der Waals surface area (Å²) in [6, 6.07) is 1.88. The predicted molar refractivity (Wildman–Crippen MR) is 65.4 cm³/mol. The maximum Gasteiger partial charge on any atom is 0.336 e. The molecule has 0 radical (unpaired) electrons. The highest BCUT2D eigenvalue weighted by molar-refractivity contribution is 6.01. The van der Waals surface area contributed by atoms with Crippen molar-refractivity contribution in [3.8, 4) is 0 Å². The van der Waals surface area contributed by atoms with Crippen LogP contribution in [0.5, 0.6) is 0 Å². The number of methoxy groups -OCH3 is 1. The first-order chi connectivity index (χ1) is 8.06. The van der Waals surface area contributed by atoms with Gasteiger partial charge in [-0.2, -0.15) is 0 Å². The van der Waals surface area contributed by atoms with Gasteiger partial charge in [0.2, 0.25) is 0 Å². The van der Waals surface area contributed by atoms with E-state index in [1.54, 1.807) is 6.20 Å². The smallest absolute Gasteiger partial charge is 0.336 e. The number of esters is 1. The van der Waals surface area contributed by atoms with Gasteiger partial charge in [-0.1, -0.05) is 0 Å². The fourth-order valence-electron chi connectivity index (χ4n) is 2.01. The lowest BCUT2D eigenvalue weighted by Gasteiger charge is -2.16. The summed E-state index contributed by atoms with van der Waals surface area (Å²) >= 11 is 0. The second-order valence-corrected chi connectivity index (χ2v) is 4.11. The number of fused-ring (bicyclic) bond motifs is 1. The normalized spacial score (nSPS) is 13.6. The molecule has 0 spiro atoms. The Hall–Kier alpha value is -2.04. The van der Waals surface area contributed by atoms with E-state index in [1.165, 1.54) is 7.11 Å². The third-order valence-electron chi connectivity index (χ3n) is 2.86. The van der Waals surface area contributed by atoms with Gasteiger partial charge in [0, 0.05) is 38.0 Å². The van der Waals surface area contributed by atoms with Gasteiger partial charge in [0.15, 0.2) is 0 Å². The van der Waals surface area contributed by atoms with Crippen molar-refractivity contribution >= 4 is 17.4 Å². The van der Waals surface area contributed by atoms with Crippen molar-refractivity contribution in [3.63, 3.8) is 0 Å². The molecule has 2 N–H and O–H groups in total. The highest BCUT2D eigenvalue weighted by atomic mass is 16.5. The summed E-state index contributed by atoms with van der Waals surface area (Å²) in [6.45, 7) is 0. The molecule has 0 fully saturated rings. The molecule has 1 heterocycles. The van der Waals surface area contributed by atoms with Crippen LogP contribution in [0.4, 0.5) is 5.69 Å². The number of nitrogens with two attached hydrogens (primary N) is 1. The molecule has 0 aromatic carbocycles. The number of pyridine rings is 1. The van der Waals surface area contributed by atoms with Crippen LogP contribution < -0.4 is 10.6 Å². The first-order valence-corrected chi connectivity index (χ1v) is 5.28. The molecule has 5 heteroatoms. The quantitative estimate of drug-likeness (QED) is 0.755. The zero-order chi connectivity index (χ0) is 12.6. The van der Waals surface area contributed by atoms with Crippen molar-refractivity contribution in [1.29, 1.82) is 0 Å². The third kappa shape index (κ3) is 1.73. The average Bonchev–Trinajstić information content (AvgIpc) is 2.66. The zero-order valence-corrected chi connectivity index (χ0v) is 10.2. The van der Waals surface area contributed by atoms with Crippen molar-refractivity contribution < 1.29 is 9.53 Å². The Morgan fingerprint density at radius 1 is 1.53 bits per heavy atom. The Labute approximate surface area is 99.9 Å². The molecule has 0 saturated carbocycles. The molecular weight excluding hydrogens is 218 g/mol. The number of anilines is 1. The molecule has 1 aliphatic rings. The van der Waals surface area contributed by atoms with E-state index in [0.717, 1.165) is 16.9 Å². The summed E-state index contributed by atoms with van der Waals surface area (Å²) in [4.78, 5) is 17.8. The average molecular weight is 233 g/mol. The van der Waals surface area contributed by atoms with E-state index < -0.39 is 0 Å². The Kier molecular flexibility index (Phi) is 2.75. The first-order valence-electron chi connectivity index (χ1n) is 5.28. The van der Waals surface area contributed by atoms with Crippen LogP contribution >= 0.6 is 0 Å². The van der Waals surface area contributed by atoms with Crippen LogP contribution in [-0.4, -0.2) is 32.2 Å². The molecule has 1 aromatic rings. The third-order valence-corrected chi connectivity index (χ3v) is 2.86. The molecule has 0 bridgehead atoms. The maximum absolute atomic E-state index is 11.6. The number of ether oxygens (including phenoxy) is 1. The molecule has 0 amide bonds. The van der Waals surface area contributed by atoms with Gasteiger partial charge in [0.05, 0.1) is 24.1 Å². The minimum atomic E-state index is -0.384. The van der Waals surface area contributed by atoms with E-state index in [4.69, 9.17) is 10.5 Å². The highest BCUT2D eigenvalue weighted by Gasteiger charge is 2.28. The summed E-state index contributed by atoms with van der Waals surface area (Å²) in [7, 11) is 5.21. The van der Waals surface area contributed by atoms with Crippen molar-refractivity contribution in [3.05, 3.63) is 29.1 Å². The molecule has 0 saturated heterocycles. The fourth-order valence-corrected chi connectivity index (χ4v) is 2.01. The van der Waals surface area contributed by atoms with Crippen LogP contribution in [0.1, 0.15) is 11.3 Å². The number of aromatic nitrogens is 1. The first kappa shape index (κ1) is 11.4. The number of carbonyl (C=O) groups is 1. The number of carbonyl (C=O) groups excluding carboxylic acids is 1. The molecular formula is C12H15N3O2. The molecule has 2 rings (SSSR count). The van der Waals surface area contributed by atoms with E-state index in [1.807, 2.05) is 25.1 Å². The topological polar surface area (TPSA) is 68.5 Å². The summed E-state index contributed by atoms with van der Waals surface area (Å²) in [5, 5.41) is 0. The van der Waals surface area contributed by atoms with Gasteiger partial charge in [0.1, 0.15) is 0 Å². The Morgan fingerprint density at radius 3 is 2.82 bits per heavy atom. The lowest BCUT2D eigenvalue weighted by molar-refractivity contribution is -0.136. The van der Waals surface area contributed by atoms with Gasteiger partial charge >= 0.3 is 5.97 Å². The van der Waals surface area contributed by atoms with E-state index in [0.29, 0.717) is 17.7 Å². The molecule has 1 aliphatic carbocycles. The lowest BCUT2D eigenvalue weighted by Crippen LogP contribution is -2.13. The molecule has 1 aromatic heterocycles. The predicted octanol–water partition coefficient (Wildman–Crippen LogP) is 0.546. The van der Waals surface area contributed by atoms with Crippen molar-refractivity contribution in [2.75, 3.05) is 26.1 Å². The van der Waals surface area contributed by atoms with Crippen LogP contribution in [0.3, 0.4) is 0 Å². The van der Waals surface area contributed by atoms with Gasteiger partial charge in [-0.05, 0) is 6.07 Å². The summed E-state index contributed by atoms with van der Waals surface area (Å²) in [6.07, 6.45) is 2.16. The van der Waals surface area contributed by atoms with Gasteiger partial charge in [-0.25, -0.2) is 4.79 Å². The van der Waals surface area contributed by atoms with Gasteiger partial charge in [-0.15, -0.1) is 0 Å². The van der Waals surface area contributed by atoms with Gasteiger partial charge < -0.3 is 15.4 Å². The molecule has 0 atom stereocenters. The second kappa shape index (κ2) is 4.08. The van der Waals surface area contributed by atoms with Crippen LogP contribution in [0.15, 0.2) is 17.8 Å². The van der Waals surface area contributed by atoms with E-state index >= 15 is 0 Å². The van der Waals surface area contributed by atoms with Crippen molar-refractivity contribution in [1.82, 2.24) is 4.98 Å². The molecule has 17 heavy (non-hydrogen) atoms. The van der Waals surface area contributed by atoms with E-state index in [-0.39, 0.29) is 5.97 Å². The van der Waals surface area contributed by atoms with Crippen LogP contribution in [-0.2, 0) is 16.0 Å². The fraction of sp³-hybridized carbons (Fsp3) is 0.333. The maximum atomic E-state index is 11.6.